The van der Waals surface area contributed by atoms with E-state index in [4.69, 9.17) is 0 Å². The van der Waals surface area contributed by atoms with E-state index >= 15 is 0 Å². The lowest BCUT2D eigenvalue weighted by Gasteiger charge is -2.41. The summed E-state index contributed by atoms with van der Waals surface area (Å²) in [6, 6.07) is 3.52. The second kappa shape index (κ2) is 5.10. The summed E-state index contributed by atoms with van der Waals surface area (Å²) in [5.74, 6) is 1.33. The summed E-state index contributed by atoms with van der Waals surface area (Å²) >= 11 is 0. The summed E-state index contributed by atoms with van der Waals surface area (Å²) in [5.41, 5.74) is 2.47. The van der Waals surface area contributed by atoms with Crippen LogP contribution in [-0.4, -0.2) is 35.3 Å². The largest absolute Gasteiger partial charge is 0.504 e. The van der Waals surface area contributed by atoms with Gasteiger partial charge in [-0.2, -0.15) is 0 Å². The molecule has 1 aliphatic carbocycles. The standard InChI is InChI=1S/C14H19NO2.BrH/c1-15-5-4-9-2-3-10-6-13(16)14(17)7-11(10)12(9)8-15;/h6-7,9,12,16-17H,2-5,8H2,1H3;1H. The molecule has 0 aromatic heterocycles. The fraction of sp³-hybridized carbons (Fsp3) is 0.571. The van der Waals surface area contributed by atoms with E-state index in [0.717, 1.165) is 18.9 Å². The Bertz CT molecular complexity index is 450. The maximum absolute atomic E-state index is 9.67. The summed E-state index contributed by atoms with van der Waals surface area (Å²) in [7, 11) is 2.16. The van der Waals surface area contributed by atoms with Crippen molar-refractivity contribution in [3.05, 3.63) is 23.3 Å². The number of phenolic OH excluding ortho intramolecular Hbond substituents is 2. The molecule has 1 heterocycles. The minimum atomic E-state index is 0. The van der Waals surface area contributed by atoms with E-state index in [1.54, 1.807) is 12.1 Å². The Labute approximate surface area is 118 Å². The van der Waals surface area contributed by atoms with Crippen LogP contribution in [0.4, 0.5) is 0 Å². The molecular weight excluding hydrogens is 294 g/mol. The molecule has 3 nitrogen and oxygen atoms in total. The van der Waals surface area contributed by atoms with E-state index in [1.165, 1.54) is 30.5 Å². The molecule has 0 spiro atoms. The fourth-order valence-corrected chi connectivity index (χ4v) is 3.40. The fourth-order valence-electron chi connectivity index (χ4n) is 3.40. The van der Waals surface area contributed by atoms with Gasteiger partial charge in [0.15, 0.2) is 11.5 Å². The molecule has 18 heavy (non-hydrogen) atoms. The zero-order chi connectivity index (χ0) is 12.0. The van der Waals surface area contributed by atoms with Crippen molar-refractivity contribution in [2.24, 2.45) is 5.92 Å². The average molecular weight is 314 g/mol. The molecule has 2 N–H and O–H groups in total. The Balaban J connectivity index is 0.00000120. The second-order valence-electron chi connectivity index (χ2n) is 5.50. The zero-order valence-corrected chi connectivity index (χ0v) is 12.3. The highest BCUT2D eigenvalue weighted by Gasteiger charge is 2.33. The van der Waals surface area contributed by atoms with E-state index in [-0.39, 0.29) is 28.5 Å². The van der Waals surface area contributed by atoms with Gasteiger partial charge < -0.3 is 15.1 Å². The van der Waals surface area contributed by atoms with Crippen LogP contribution in [0.5, 0.6) is 11.5 Å². The van der Waals surface area contributed by atoms with Gasteiger partial charge in [0.05, 0.1) is 0 Å². The van der Waals surface area contributed by atoms with Crippen molar-refractivity contribution in [2.45, 2.75) is 25.2 Å². The predicted molar refractivity (Wildman–Crippen MR) is 76.8 cm³/mol. The number of rotatable bonds is 0. The Morgan fingerprint density at radius 2 is 1.89 bits per heavy atom. The molecule has 4 heteroatoms. The van der Waals surface area contributed by atoms with Crippen LogP contribution in [0.15, 0.2) is 12.1 Å². The number of hydrogen-bond donors (Lipinski definition) is 2. The van der Waals surface area contributed by atoms with Crippen LogP contribution in [-0.2, 0) is 6.42 Å². The summed E-state index contributed by atoms with van der Waals surface area (Å²) < 4.78 is 0. The lowest BCUT2D eigenvalue weighted by atomic mass is 9.71. The summed E-state index contributed by atoms with van der Waals surface area (Å²) in [4.78, 5) is 2.36. The first-order chi connectivity index (χ1) is 8.15. The number of fused-ring (bicyclic) bond motifs is 3. The number of likely N-dealkylation sites (tertiary alicyclic amines) is 1. The van der Waals surface area contributed by atoms with Gasteiger partial charge in [-0.3, -0.25) is 0 Å². The molecular formula is C14H20BrNO2. The molecule has 1 aromatic carbocycles. The maximum Gasteiger partial charge on any atom is 0.157 e. The summed E-state index contributed by atoms with van der Waals surface area (Å²) in [6.45, 7) is 2.25. The number of likely N-dealkylation sites (N-methyl/N-ethyl adjacent to an activating group) is 1. The van der Waals surface area contributed by atoms with Crippen molar-refractivity contribution in [1.82, 2.24) is 4.90 Å². The molecule has 2 aliphatic rings. The number of halogens is 1. The van der Waals surface area contributed by atoms with Gasteiger partial charge in [0.25, 0.3) is 0 Å². The van der Waals surface area contributed by atoms with Crippen molar-refractivity contribution >= 4 is 17.0 Å². The summed E-state index contributed by atoms with van der Waals surface area (Å²) in [6.07, 6.45) is 3.51. The topological polar surface area (TPSA) is 43.7 Å². The number of phenols is 2. The average Bonchev–Trinajstić information content (AvgIpc) is 2.31. The molecule has 1 fully saturated rings. The zero-order valence-electron chi connectivity index (χ0n) is 10.6. The van der Waals surface area contributed by atoms with Gasteiger partial charge in [-0.25, -0.2) is 0 Å². The van der Waals surface area contributed by atoms with Gasteiger partial charge in [-0.15, -0.1) is 17.0 Å². The van der Waals surface area contributed by atoms with E-state index < -0.39 is 0 Å². The van der Waals surface area contributed by atoms with E-state index in [0.29, 0.717) is 5.92 Å². The molecule has 1 aromatic rings. The number of aryl methyl sites for hydroxylation is 1. The van der Waals surface area contributed by atoms with Crippen LogP contribution >= 0.6 is 17.0 Å². The molecule has 1 saturated heterocycles. The van der Waals surface area contributed by atoms with E-state index in [2.05, 4.69) is 11.9 Å². The molecule has 100 valence electrons. The molecule has 1 aliphatic heterocycles. The highest BCUT2D eigenvalue weighted by molar-refractivity contribution is 8.93. The summed E-state index contributed by atoms with van der Waals surface area (Å²) in [5, 5.41) is 19.2. The number of piperidine rings is 1. The molecule has 2 unspecified atom stereocenters. The highest BCUT2D eigenvalue weighted by atomic mass is 79.9. The third-order valence-corrected chi connectivity index (χ3v) is 4.38. The quantitative estimate of drug-likeness (QED) is 0.724. The normalized spacial score (nSPS) is 26.9. The number of benzene rings is 1. The third-order valence-electron chi connectivity index (χ3n) is 4.38. The van der Waals surface area contributed by atoms with E-state index in [1.807, 2.05) is 0 Å². The molecule has 0 radical (unpaired) electrons. The number of nitrogens with zero attached hydrogens (tertiary/aromatic N) is 1. The Kier molecular flexibility index (Phi) is 3.87. The third kappa shape index (κ3) is 2.24. The Morgan fingerprint density at radius 1 is 1.17 bits per heavy atom. The van der Waals surface area contributed by atoms with Crippen LogP contribution in [0.3, 0.4) is 0 Å². The smallest absolute Gasteiger partial charge is 0.157 e. The van der Waals surface area contributed by atoms with Crippen molar-refractivity contribution in [3.63, 3.8) is 0 Å². The number of hydrogen-bond acceptors (Lipinski definition) is 3. The van der Waals surface area contributed by atoms with Gasteiger partial charge >= 0.3 is 0 Å². The lowest BCUT2D eigenvalue weighted by Crippen LogP contribution is -2.38. The predicted octanol–water partition coefficient (Wildman–Crippen LogP) is 2.66. The minimum Gasteiger partial charge on any atom is -0.504 e. The maximum atomic E-state index is 9.67. The van der Waals surface area contributed by atoms with Crippen LogP contribution in [0.25, 0.3) is 0 Å². The Morgan fingerprint density at radius 3 is 2.67 bits per heavy atom. The SMILES string of the molecule is Br.CN1CCC2CCc3cc(O)c(O)cc3C2C1. The molecule has 0 saturated carbocycles. The first-order valence-electron chi connectivity index (χ1n) is 6.38. The van der Waals surface area contributed by atoms with Crippen LogP contribution in [0, 0.1) is 5.92 Å². The van der Waals surface area contributed by atoms with Crippen molar-refractivity contribution in [1.29, 1.82) is 0 Å². The highest BCUT2D eigenvalue weighted by Crippen LogP contribution is 2.44. The van der Waals surface area contributed by atoms with Gasteiger partial charge in [-0.05, 0) is 68.0 Å². The van der Waals surface area contributed by atoms with Crippen molar-refractivity contribution in [2.75, 3.05) is 20.1 Å². The van der Waals surface area contributed by atoms with Crippen LogP contribution in [0.2, 0.25) is 0 Å². The minimum absolute atomic E-state index is 0. The molecule has 0 amide bonds. The van der Waals surface area contributed by atoms with Crippen molar-refractivity contribution in [3.8, 4) is 11.5 Å². The van der Waals surface area contributed by atoms with Crippen molar-refractivity contribution < 1.29 is 10.2 Å². The molecule has 0 bridgehead atoms. The van der Waals surface area contributed by atoms with Gasteiger partial charge in [0.1, 0.15) is 0 Å². The molecule has 2 atom stereocenters. The van der Waals surface area contributed by atoms with Crippen LogP contribution < -0.4 is 0 Å². The molecule has 3 rings (SSSR count). The first kappa shape index (κ1) is 13.7. The first-order valence-corrected chi connectivity index (χ1v) is 6.38. The Hall–Kier alpha value is -0.740. The van der Waals surface area contributed by atoms with Crippen LogP contribution in [0.1, 0.15) is 29.9 Å². The van der Waals surface area contributed by atoms with E-state index in [9.17, 15) is 10.2 Å². The monoisotopic (exact) mass is 313 g/mol. The van der Waals surface area contributed by atoms with Gasteiger partial charge in [-0.1, -0.05) is 0 Å². The number of aromatic hydroxyl groups is 2. The van der Waals surface area contributed by atoms with Gasteiger partial charge in [0.2, 0.25) is 0 Å². The van der Waals surface area contributed by atoms with Gasteiger partial charge in [0, 0.05) is 6.54 Å². The second-order valence-corrected chi connectivity index (χ2v) is 5.50. The lowest BCUT2D eigenvalue weighted by molar-refractivity contribution is 0.173.